The van der Waals surface area contributed by atoms with Gasteiger partial charge in [0.15, 0.2) is 0 Å². The van der Waals surface area contributed by atoms with Gasteiger partial charge in [-0.25, -0.2) is 4.98 Å². The van der Waals surface area contributed by atoms with E-state index in [1.807, 2.05) is 41.5 Å². The van der Waals surface area contributed by atoms with Gasteiger partial charge in [-0.1, -0.05) is 30.3 Å². The number of aromatic amines is 1. The fourth-order valence-corrected chi connectivity index (χ4v) is 4.99. The van der Waals surface area contributed by atoms with E-state index in [1.54, 1.807) is 0 Å². The predicted octanol–water partition coefficient (Wildman–Crippen LogP) is 4.07. The summed E-state index contributed by atoms with van der Waals surface area (Å²) in [4.78, 5) is 10.2. The first-order valence-corrected chi connectivity index (χ1v) is 12.0. The van der Waals surface area contributed by atoms with Gasteiger partial charge in [-0.15, -0.1) is 0 Å². The monoisotopic (exact) mass is 443 g/mol. The summed E-state index contributed by atoms with van der Waals surface area (Å²) in [5.74, 6) is 0. The number of hydrogen-bond acceptors (Lipinski definition) is 4. The molecule has 2 aromatic carbocycles. The lowest BCUT2D eigenvalue weighted by molar-refractivity contribution is 0.171. The highest BCUT2D eigenvalue weighted by molar-refractivity contribution is 5.85. The summed E-state index contributed by atoms with van der Waals surface area (Å²) >= 11 is 0. The number of nitrogens with zero attached hydrogens (tertiary/aromatic N) is 3. The van der Waals surface area contributed by atoms with E-state index in [2.05, 4.69) is 56.7 Å². The molecule has 0 aliphatic carbocycles. The normalized spacial score (nSPS) is 16.4. The van der Waals surface area contributed by atoms with Crippen molar-refractivity contribution in [2.75, 3.05) is 26.2 Å². The highest BCUT2D eigenvalue weighted by Gasteiger charge is 2.22. The van der Waals surface area contributed by atoms with Crippen LogP contribution >= 0.6 is 0 Å². The van der Waals surface area contributed by atoms with Gasteiger partial charge in [0.05, 0.1) is 19.0 Å². The van der Waals surface area contributed by atoms with Crippen LogP contribution in [-0.4, -0.2) is 56.8 Å². The number of likely N-dealkylation sites (tertiary alicyclic amines) is 1. The van der Waals surface area contributed by atoms with Crippen LogP contribution in [0.5, 0.6) is 0 Å². The molecular formula is C27H33N5O. The minimum atomic E-state index is 0.0248. The maximum absolute atomic E-state index is 9.83. The minimum Gasteiger partial charge on any atom is -0.394 e. The highest BCUT2D eigenvalue weighted by atomic mass is 16.3. The molecule has 3 N–H and O–H groups in total. The topological polar surface area (TPSA) is 69.1 Å². The quantitative estimate of drug-likeness (QED) is 0.365. The molecule has 0 radical (unpaired) electrons. The van der Waals surface area contributed by atoms with Crippen molar-refractivity contribution in [3.8, 4) is 5.69 Å². The van der Waals surface area contributed by atoms with Gasteiger partial charge in [0, 0.05) is 41.2 Å². The van der Waals surface area contributed by atoms with Crippen LogP contribution in [0.4, 0.5) is 0 Å². The first-order chi connectivity index (χ1) is 16.3. The van der Waals surface area contributed by atoms with Gasteiger partial charge in [0.25, 0.3) is 0 Å². The molecule has 0 saturated carbocycles. The number of aromatic nitrogens is 3. The molecule has 2 aromatic heterocycles. The lowest BCUT2D eigenvalue weighted by Crippen LogP contribution is -2.44. The van der Waals surface area contributed by atoms with Crippen LogP contribution in [0.3, 0.4) is 0 Å². The molecule has 1 fully saturated rings. The summed E-state index contributed by atoms with van der Waals surface area (Å²) in [5, 5.41) is 14.8. The molecule has 172 valence electrons. The van der Waals surface area contributed by atoms with E-state index in [4.69, 9.17) is 0 Å². The third-order valence-electron chi connectivity index (χ3n) is 6.88. The molecule has 0 spiro atoms. The number of aliphatic hydroxyl groups excluding tert-OH is 1. The Bertz CT molecular complexity index is 1130. The molecule has 1 atom stereocenters. The number of H-pyrrole nitrogens is 1. The number of imidazole rings is 1. The highest BCUT2D eigenvalue weighted by Crippen LogP contribution is 2.23. The third-order valence-corrected chi connectivity index (χ3v) is 6.88. The zero-order chi connectivity index (χ0) is 22.5. The third kappa shape index (κ3) is 5.19. The fourth-order valence-electron chi connectivity index (χ4n) is 4.99. The number of aryl methyl sites for hydroxylation is 1. The van der Waals surface area contributed by atoms with Crippen molar-refractivity contribution in [3.63, 3.8) is 0 Å². The van der Waals surface area contributed by atoms with Crippen LogP contribution < -0.4 is 5.32 Å². The Labute approximate surface area is 195 Å². The van der Waals surface area contributed by atoms with Crippen LogP contribution in [0.15, 0.2) is 73.4 Å². The van der Waals surface area contributed by atoms with Crippen molar-refractivity contribution >= 4 is 10.9 Å². The zero-order valence-corrected chi connectivity index (χ0v) is 19.0. The number of nitrogens with one attached hydrogen (secondary N) is 2. The molecule has 4 aromatic rings. The van der Waals surface area contributed by atoms with E-state index in [0.717, 1.165) is 56.6 Å². The Kier molecular flexibility index (Phi) is 6.86. The van der Waals surface area contributed by atoms with Crippen LogP contribution in [0, 0.1) is 0 Å². The predicted molar refractivity (Wildman–Crippen MR) is 133 cm³/mol. The molecule has 6 nitrogen and oxygen atoms in total. The van der Waals surface area contributed by atoms with E-state index in [1.165, 1.54) is 16.5 Å². The fraction of sp³-hybridized carbons (Fsp3) is 0.370. The van der Waals surface area contributed by atoms with Crippen molar-refractivity contribution in [1.29, 1.82) is 0 Å². The van der Waals surface area contributed by atoms with Gasteiger partial charge in [0.2, 0.25) is 0 Å². The average molecular weight is 444 g/mol. The van der Waals surface area contributed by atoms with Crippen molar-refractivity contribution < 1.29 is 5.11 Å². The molecule has 1 aliphatic heterocycles. The summed E-state index contributed by atoms with van der Waals surface area (Å²) in [6, 6.07) is 17.3. The molecule has 3 heterocycles. The van der Waals surface area contributed by atoms with E-state index in [0.29, 0.717) is 6.04 Å². The second kappa shape index (κ2) is 10.3. The second-order valence-electron chi connectivity index (χ2n) is 9.05. The maximum atomic E-state index is 9.83. The number of benzene rings is 2. The van der Waals surface area contributed by atoms with Crippen LogP contribution in [0.25, 0.3) is 16.6 Å². The SMILES string of the molecule is OC[C@H](NC1CCN(CCCc2c[nH]c3ccc(-n4ccnc4)cc23)CC1)c1ccccc1. The minimum absolute atomic E-state index is 0.0248. The second-order valence-corrected chi connectivity index (χ2v) is 9.05. The van der Waals surface area contributed by atoms with Gasteiger partial charge in [-0.3, -0.25) is 0 Å². The van der Waals surface area contributed by atoms with Crippen molar-refractivity contribution in [2.24, 2.45) is 0 Å². The number of piperidine rings is 1. The van der Waals surface area contributed by atoms with Crippen LogP contribution in [-0.2, 0) is 6.42 Å². The Morgan fingerprint density at radius 1 is 1.12 bits per heavy atom. The smallest absolute Gasteiger partial charge is 0.0991 e. The molecular weight excluding hydrogens is 410 g/mol. The van der Waals surface area contributed by atoms with Gasteiger partial charge in [-0.2, -0.15) is 0 Å². The number of fused-ring (bicyclic) bond motifs is 1. The van der Waals surface area contributed by atoms with Gasteiger partial charge >= 0.3 is 0 Å². The lowest BCUT2D eigenvalue weighted by atomic mass is 10.0. The summed E-state index contributed by atoms with van der Waals surface area (Å²) in [6.45, 7) is 3.49. The average Bonchev–Trinajstić information content (AvgIpc) is 3.54. The molecule has 6 heteroatoms. The lowest BCUT2D eigenvalue weighted by Gasteiger charge is -2.34. The van der Waals surface area contributed by atoms with Crippen molar-refractivity contribution in [1.82, 2.24) is 24.8 Å². The van der Waals surface area contributed by atoms with E-state index >= 15 is 0 Å². The summed E-state index contributed by atoms with van der Waals surface area (Å²) < 4.78 is 2.05. The molecule has 1 saturated heterocycles. The zero-order valence-electron chi connectivity index (χ0n) is 19.0. The Morgan fingerprint density at radius 2 is 1.97 bits per heavy atom. The molecule has 5 rings (SSSR count). The van der Waals surface area contributed by atoms with E-state index in [-0.39, 0.29) is 12.6 Å². The number of hydrogen-bond donors (Lipinski definition) is 3. The van der Waals surface area contributed by atoms with E-state index in [9.17, 15) is 5.11 Å². The summed E-state index contributed by atoms with van der Waals surface area (Å²) in [6.07, 6.45) is 12.3. The molecule has 33 heavy (non-hydrogen) atoms. The standard InChI is InChI=1S/C27H33N5O/c33-19-27(21-5-2-1-3-6-21)30-23-10-14-31(15-11-23)13-4-7-22-18-29-26-9-8-24(17-25(22)26)32-16-12-28-20-32/h1-3,5-6,8-9,12,16-18,20,23,27,29-30,33H,4,7,10-11,13-15,19H2/t27-/m0/s1. The van der Waals surface area contributed by atoms with Crippen LogP contribution in [0.1, 0.15) is 36.4 Å². The summed E-state index contributed by atoms with van der Waals surface area (Å²) in [5.41, 5.74) is 4.89. The molecule has 1 aliphatic rings. The van der Waals surface area contributed by atoms with E-state index < -0.39 is 0 Å². The maximum Gasteiger partial charge on any atom is 0.0991 e. The number of rotatable bonds is 9. The Morgan fingerprint density at radius 3 is 2.73 bits per heavy atom. The van der Waals surface area contributed by atoms with Crippen LogP contribution in [0.2, 0.25) is 0 Å². The van der Waals surface area contributed by atoms with Gasteiger partial charge in [-0.05, 0) is 74.6 Å². The van der Waals surface area contributed by atoms with Gasteiger partial charge in [0.1, 0.15) is 0 Å². The van der Waals surface area contributed by atoms with Gasteiger partial charge < -0.3 is 24.9 Å². The van der Waals surface area contributed by atoms with Crippen molar-refractivity contribution in [2.45, 2.75) is 37.8 Å². The van der Waals surface area contributed by atoms with Crippen molar-refractivity contribution in [3.05, 3.63) is 84.6 Å². The first-order valence-electron chi connectivity index (χ1n) is 12.0. The molecule has 0 unspecified atom stereocenters. The Hall–Kier alpha value is -2.93. The Balaban J connectivity index is 1.11. The first kappa shape index (κ1) is 21.9. The number of aliphatic hydroxyl groups is 1. The summed E-state index contributed by atoms with van der Waals surface area (Å²) in [7, 11) is 0. The molecule has 0 amide bonds. The largest absolute Gasteiger partial charge is 0.394 e. The molecule has 0 bridgehead atoms.